The van der Waals surface area contributed by atoms with E-state index in [4.69, 9.17) is 4.74 Å². The molecule has 3 atom stereocenters. The lowest BCUT2D eigenvalue weighted by Crippen LogP contribution is -2.35. The van der Waals surface area contributed by atoms with Gasteiger partial charge in [0.15, 0.2) is 5.78 Å². The molecule has 0 spiro atoms. The van der Waals surface area contributed by atoms with E-state index >= 15 is 0 Å². The van der Waals surface area contributed by atoms with Crippen molar-refractivity contribution in [3.63, 3.8) is 0 Å². The highest BCUT2D eigenvalue weighted by Crippen LogP contribution is 2.43. The lowest BCUT2D eigenvalue weighted by Gasteiger charge is -2.26. The Morgan fingerprint density at radius 2 is 2.19 bits per heavy atom. The number of carbonyl (C=O) groups excluding carboxylic acids is 1. The predicted octanol–water partition coefficient (Wildman–Crippen LogP) is 1.79. The van der Waals surface area contributed by atoms with Crippen LogP contribution in [0.2, 0.25) is 0 Å². The van der Waals surface area contributed by atoms with E-state index in [-0.39, 0.29) is 17.8 Å². The highest BCUT2D eigenvalue weighted by Gasteiger charge is 2.49. The molecule has 2 bridgehead atoms. The van der Waals surface area contributed by atoms with E-state index in [1.165, 1.54) is 0 Å². The summed E-state index contributed by atoms with van der Waals surface area (Å²) in [6.07, 6.45) is 1.13. The van der Waals surface area contributed by atoms with Crippen molar-refractivity contribution in [3.05, 3.63) is 29.8 Å². The van der Waals surface area contributed by atoms with E-state index in [1.54, 1.807) is 13.0 Å². The minimum atomic E-state index is -0.921. The van der Waals surface area contributed by atoms with Crippen molar-refractivity contribution in [2.75, 3.05) is 0 Å². The Bertz CT molecular complexity index is 450. The van der Waals surface area contributed by atoms with Gasteiger partial charge in [-0.25, -0.2) is 0 Å². The zero-order valence-corrected chi connectivity index (χ0v) is 9.14. The standard InChI is InChI=1S/C13H14O3/c1-13(15)7-8-6-10(13)12(14)9-4-2-3-5-11(9)16-8/h2-5,8,10,15H,6-7H2,1H3/t8-,10-,13-/m1/s1. The summed E-state index contributed by atoms with van der Waals surface area (Å²) in [5, 5.41) is 10.2. The van der Waals surface area contributed by atoms with Crippen LogP contribution in [0.3, 0.4) is 0 Å². The number of hydrogen-bond donors (Lipinski definition) is 1. The summed E-state index contributed by atoms with van der Waals surface area (Å²) >= 11 is 0. The zero-order valence-electron chi connectivity index (χ0n) is 9.14. The highest BCUT2D eigenvalue weighted by atomic mass is 16.5. The first-order valence-corrected chi connectivity index (χ1v) is 5.60. The molecular formula is C13H14O3. The fourth-order valence-electron chi connectivity index (χ4n) is 2.82. The predicted molar refractivity (Wildman–Crippen MR) is 58.5 cm³/mol. The highest BCUT2D eigenvalue weighted by molar-refractivity contribution is 6.01. The Balaban J connectivity index is 2.11. The molecule has 0 aromatic heterocycles. The number of Topliss-reactive ketones (excluding diaryl/α,β-unsaturated/α-hetero) is 1. The van der Waals surface area contributed by atoms with E-state index in [1.807, 2.05) is 18.2 Å². The summed E-state index contributed by atoms with van der Waals surface area (Å²) in [5.41, 5.74) is -0.315. The molecule has 3 heteroatoms. The van der Waals surface area contributed by atoms with Crippen molar-refractivity contribution in [2.24, 2.45) is 5.92 Å². The molecule has 0 unspecified atom stereocenters. The first-order chi connectivity index (χ1) is 7.58. The van der Waals surface area contributed by atoms with Gasteiger partial charge in [-0.2, -0.15) is 0 Å². The fraction of sp³-hybridized carbons (Fsp3) is 0.462. The van der Waals surface area contributed by atoms with Gasteiger partial charge in [-0.05, 0) is 25.5 Å². The molecule has 1 aliphatic heterocycles. The van der Waals surface area contributed by atoms with Crippen LogP contribution in [-0.2, 0) is 0 Å². The molecule has 1 fully saturated rings. The van der Waals surface area contributed by atoms with E-state index in [0.717, 1.165) is 0 Å². The second-order valence-corrected chi connectivity index (χ2v) is 4.95. The molecular weight excluding hydrogens is 204 g/mol. The molecule has 16 heavy (non-hydrogen) atoms. The van der Waals surface area contributed by atoms with Crippen LogP contribution in [0.15, 0.2) is 24.3 Å². The lowest BCUT2D eigenvalue weighted by atomic mass is 9.86. The third-order valence-electron chi connectivity index (χ3n) is 3.65. The number of rotatable bonds is 0. The summed E-state index contributed by atoms with van der Waals surface area (Å²) in [5.74, 6) is 0.359. The van der Waals surface area contributed by atoms with Gasteiger partial charge in [0.2, 0.25) is 0 Å². The third kappa shape index (κ3) is 1.28. The number of hydrogen-bond acceptors (Lipinski definition) is 3. The number of ketones is 1. The van der Waals surface area contributed by atoms with Crippen molar-refractivity contribution in [3.8, 4) is 5.75 Å². The Hall–Kier alpha value is -1.35. The monoisotopic (exact) mass is 218 g/mol. The normalized spacial score (nSPS) is 36.5. The lowest BCUT2D eigenvalue weighted by molar-refractivity contribution is 0.0160. The molecule has 3 nitrogen and oxygen atoms in total. The maximum atomic E-state index is 12.3. The second kappa shape index (κ2) is 3.08. The number of benzene rings is 1. The Labute approximate surface area is 94.0 Å². The number of para-hydroxylation sites is 1. The first kappa shape index (κ1) is 9.85. The van der Waals surface area contributed by atoms with Crippen LogP contribution in [0.5, 0.6) is 5.75 Å². The molecule has 0 saturated heterocycles. The second-order valence-electron chi connectivity index (χ2n) is 4.95. The van der Waals surface area contributed by atoms with Crippen LogP contribution in [0.4, 0.5) is 0 Å². The van der Waals surface area contributed by atoms with E-state index in [0.29, 0.717) is 24.2 Å². The van der Waals surface area contributed by atoms with Gasteiger partial charge in [-0.15, -0.1) is 0 Å². The third-order valence-corrected chi connectivity index (χ3v) is 3.65. The van der Waals surface area contributed by atoms with Gasteiger partial charge in [-0.3, -0.25) is 4.79 Å². The summed E-state index contributed by atoms with van der Waals surface area (Å²) in [7, 11) is 0. The summed E-state index contributed by atoms with van der Waals surface area (Å²) < 4.78 is 5.77. The van der Waals surface area contributed by atoms with Crippen LogP contribution in [0.25, 0.3) is 0 Å². The fourth-order valence-corrected chi connectivity index (χ4v) is 2.82. The molecule has 0 radical (unpaired) electrons. The molecule has 84 valence electrons. The average molecular weight is 218 g/mol. The molecule has 2 aliphatic rings. The molecule has 1 aromatic carbocycles. The Morgan fingerprint density at radius 3 is 3.00 bits per heavy atom. The molecule has 3 rings (SSSR count). The molecule has 1 aliphatic carbocycles. The van der Waals surface area contributed by atoms with E-state index in [2.05, 4.69) is 0 Å². The maximum absolute atomic E-state index is 12.3. The van der Waals surface area contributed by atoms with Crippen LogP contribution < -0.4 is 4.74 Å². The van der Waals surface area contributed by atoms with E-state index in [9.17, 15) is 9.90 Å². The smallest absolute Gasteiger partial charge is 0.172 e. The Kier molecular flexibility index (Phi) is 1.89. The van der Waals surface area contributed by atoms with Crippen LogP contribution in [0.1, 0.15) is 30.1 Å². The topological polar surface area (TPSA) is 46.5 Å². The zero-order chi connectivity index (χ0) is 11.3. The molecule has 0 amide bonds. The van der Waals surface area contributed by atoms with Gasteiger partial charge in [0.05, 0.1) is 17.1 Å². The minimum absolute atomic E-state index is 0.0144. The van der Waals surface area contributed by atoms with Crippen LogP contribution >= 0.6 is 0 Å². The van der Waals surface area contributed by atoms with Crippen molar-refractivity contribution in [1.82, 2.24) is 0 Å². The van der Waals surface area contributed by atoms with Crippen molar-refractivity contribution >= 4 is 5.78 Å². The largest absolute Gasteiger partial charge is 0.490 e. The molecule has 1 heterocycles. The van der Waals surface area contributed by atoms with Crippen molar-refractivity contribution in [2.45, 2.75) is 31.5 Å². The SMILES string of the molecule is C[C@@]1(O)C[C@H]2C[C@@H]1C(=O)c1ccccc1O2. The molecule has 1 saturated carbocycles. The van der Waals surface area contributed by atoms with Crippen molar-refractivity contribution < 1.29 is 14.6 Å². The van der Waals surface area contributed by atoms with Gasteiger partial charge in [0.1, 0.15) is 11.9 Å². The molecule has 1 aromatic rings. The summed E-state index contributed by atoms with van der Waals surface area (Å²) in [4.78, 5) is 12.3. The van der Waals surface area contributed by atoms with Gasteiger partial charge in [0, 0.05) is 6.42 Å². The maximum Gasteiger partial charge on any atom is 0.172 e. The average Bonchev–Trinajstić information content (AvgIpc) is 2.44. The summed E-state index contributed by atoms with van der Waals surface area (Å²) in [6, 6.07) is 7.29. The van der Waals surface area contributed by atoms with Gasteiger partial charge < -0.3 is 9.84 Å². The van der Waals surface area contributed by atoms with E-state index < -0.39 is 5.60 Å². The number of fused-ring (bicyclic) bond motifs is 3. The van der Waals surface area contributed by atoms with Gasteiger partial charge in [-0.1, -0.05) is 12.1 Å². The van der Waals surface area contributed by atoms with Crippen molar-refractivity contribution in [1.29, 1.82) is 0 Å². The Morgan fingerprint density at radius 1 is 1.44 bits per heavy atom. The van der Waals surface area contributed by atoms with Crippen LogP contribution in [0, 0.1) is 5.92 Å². The first-order valence-electron chi connectivity index (χ1n) is 5.60. The quantitative estimate of drug-likeness (QED) is 0.722. The minimum Gasteiger partial charge on any atom is -0.490 e. The summed E-state index contributed by atoms with van der Waals surface area (Å²) in [6.45, 7) is 1.73. The number of ether oxygens (including phenoxy) is 1. The molecule has 1 N–H and O–H groups in total. The number of aliphatic hydroxyl groups is 1. The van der Waals surface area contributed by atoms with Crippen LogP contribution in [-0.4, -0.2) is 22.6 Å². The van der Waals surface area contributed by atoms with Gasteiger partial charge in [0.25, 0.3) is 0 Å². The van der Waals surface area contributed by atoms with Gasteiger partial charge >= 0.3 is 0 Å². The number of carbonyl (C=O) groups is 1.